The van der Waals surface area contributed by atoms with Gasteiger partial charge in [0.1, 0.15) is 12.4 Å². The van der Waals surface area contributed by atoms with E-state index in [-0.39, 0.29) is 12.5 Å². The van der Waals surface area contributed by atoms with Crippen LogP contribution in [0, 0.1) is 5.92 Å². The highest BCUT2D eigenvalue weighted by Gasteiger charge is 2.25. The van der Waals surface area contributed by atoms with E-state index >= 15 is 0 Å². The van der Waals surface area contributed by atoms with Crippen molar-refractivity contribution in [3.8, 4) is 5.75 Å². The number of aromatic nitrogens is 1. The number of nitrogens with zero attached hydrogens (tertiary/aromatic N) is 2. The number of oxime groups is 1. The SMILES string of the molecule is O=C(O)COc1cccc2c1CCCC2CON=C(c1cccnc1)C1CCCCC1. The number of ether oxygens (including phenoxy) is 1. The molecule has 1 N–H and O–H groups in total. The van der Waals surface area contributed by atoms with Crippen LogP contribution in [0.3, 0.4) is 0 Å². The molecular formula is C25H30N2O4. The number of carbonyl (C=O) groups is 1. The zero-order chi connectivity index (χ0) is 21.5. The van der Waals surface area contributed by atoms with Gasteiger partial charge in [0.25, 0.3) is 0 Å². The minimum absolute atomic E-state index is 0.224. The van der Waals surface area contributed by atoms with E-state index in [0.29, 0.717) is 18.3 Å². The molecule has 31 heavy (non-hydrogen) atoms. The maximum absolute atomic E-state index is 10.9. The number of fused-ring (bicyclic) bond motifs is 1. The van der Waals surface area contributed by atoms with Crippen molar-refractivity contribution in [2.45, 2.75) is 57.3 Å². The number of benzene rings is 1. The van der Waals surface area contributed by atoms with E-state index in [0.717, 1.165) is 48.9 Å². The molecule has 2 aromatic rings. The Morgan fingerprint density at radius 3 is 2.74 bits per heavy atom. The number of rotatable bonds is 8. The predicted molar refractivity (Wildman–Crippen MR) is 119 cm³/mol. The largest absolute Gasteiger partial charge is 0.482 e. The molecular weight excluding hydrogens is 392 g/mol. The molecule has 1 aromatic heterocycles. The molecule has 6 heteroatoms. The summed E-state index contributed by atoms with van der Waals surface area (Å²) in [6, 6.07) is 9.89. The van der Waals surface area contributed by atoms with Gasteiger partial charge in [0, 0.05) is 29.8 Å². The van der Waals surface area contributed by atoms with Crippen molar-refractivity contribution in [1.29, 1.82) is 0 Å². The monoisotopic (exact) mass is 422 g/mol. The van der Waals surface area contributed by atoms with Crippen LogP contribution < -0.4 is 4.74 Å². The van der Waals surface area contributed by atoms with Crippen LogP contribution in [0.15, 0.2) is 47.9 Å². The number of carboxylic acids is 1. The van der Waals surface area contributed by atoms with Crippen molar-refractivity contribution < 1.29 is 19.5 Å². The molecule has 1 unspecified atom stereocenters. The van der Waals surface area contributed by atoms with Crippen LogP contribution >= 0.6 is 0 Å². The fourth-order valence-corrected chi connectivity index (χ4v) is 4.81. The van der Waals surface area contributed by atoms with Crippen molar-refractivity contribution in [2.24, 2.45) is 11.1 Å². The first-order chi connectivity index (χ1) is 15.2. The van der Waals surface area contributed by atoms with Gasteiger partial charge >= 0.3 is 5.97 Å². The van der Waals surface area contributed by atoms with Crippen LogP contribution in [-0.4, -0.2) is 35.0 Å². The van der Waals surface area contributed by atoms with Gasteiger partial charge in [-0.25, -0.2) is 4.79 Å². The van der Waals surface area contributed by atoms with E-state index in [9.17, 15) is 4.79 Å². The molecule has 164 valence electrons. The Morgan fingerprint density at radius 2 is 1.97 bits per heavy atom. The molecule has 0 saturated heterocycles. The summed E-state index contributed by atoms with van der Waals surface area (Å²) in [5.41, 5.74) is 4.35. The first-order valence-corrected chi connectivity index (χ1v) is 11.3. The van der Waals surface area contributed by atoms with Crippen molar-refractivity contribution in [3.63, 3.8) is 0 Å². The summed E-state index contributed by atoms with van der Waals surface area (Å²) < 4.78 is 5.52. The highest BCUT2D eigenvalue weighted by Crippen LogP contribution is 2.37. The van der Waals surface area contributed by atoms with Crippen molar-refractivity contribution >= 4 is 11.7 Å². The van der Waals surface area contributed by atoms with Gasteiger partial charge in [-0.05, 0) is 61.4 Å². The molecule has 6 nitrogen and oxygen atoms in total. The smallest absolute Gasteiger partial charge is 0.341 e. The number of pyridine rings is 1. The summed E-state index contributed by atoms with van der Waals surface area (Å²) in [6.07, 6.45) is 12.7. The molecule has 0 radical (unpaired) electrons. The summed E-state index contributed by atoms with van der Waals surface area (Å²) in [6.45, 7) is 0.184. The fraction of sp³-hybridized carbons (Fsp3) is 0.480. The molecule has 4 rings (SSSR count). The highest BCUT2D eigenvalue weighted by atomic mass is 16.6. The number of hydrogen-bond acceptors (Lipinski definition) is 5. The third-order valence-corrected chi connectivity index (χ3v) is 6.33. The molecule has 2 aliphatic carbocycles. The third-order valence-electron chi connectivity index (χ3n) is 6.33. The van der Waals surface area contributed by atoms with Crippen molar-refractivity contribution in [2.75, 3.05) is 13.2 Å². The normalized spacial score (nSPS) is 19.5. The van der Waals surface area contributed by atoms with E-state index in [1.165, 1.54) is 24.8 Å². The van der Waals surface area contributed by atoms with E-state index in [4.69, 9.17) is 14.7 Å². The average Bonchev–Trinajstić information content (AvgIpc) is 2.81. The molecule has 1 aromatic carbocycles. The standard InChI is InChI=1S/C25H30N2O4/c28-24(29)17-30-23-13-5-11-21-20(9-4-12-22(21)23)16-31-27-25(18-7-2-1-3-8-18)19-10-6-14-26-15-19/h5-6,10-11,13-15,18,20H,1-4,7-9,12,16-17H2,(H,28,29). The lowest BCUT2D eigenvalue weighted by molar-refractivity contribution is -0.139. The zero-order valence-electron chi connectivity index (χ0n) is 17.8. The third kappa shape index (κ3) is 5.43. The van der Waals surface area contributed by atoms with Crippen LogP contribution in [0.5, 0.6) is 5.75 Å². The van der Waals surface area contributed by atoms with Crippen LogP contribution in [-0.2, 0) is 16.1 Å². The van der Waals surface area contributed by atoms with Crippen LogP contribution in [0.2, 0.25) is 0 Å². The zero-order valence-corrected chi connectivity index (χ0v) is 17.8. The van der Waals surface area contributed by atoms with Gasteiger partial charge in [-0.15, -0.1) is 0 Å². The Balaban J connectivity index is 1.49. The Kier molecular flexibility index (Phi) is 7.18. The van der Waals surface area contributed by atoms with E-state index in [2.05, 4.69) is 22.3 Å². The van der Waals surface area contributed by atoms with Crippen LogP contribution in [0.25, 0.3) is 0 Å². The topological polar surface area (TPSA) is 81.0 Å². The second-order valence-corrected chi connectivity index (χ2v) is 8.44. The van der Waals surface area contributed by atoms with Gasteiger partial charge in [-0.3, -0.25) is 4.98 Å². The molecule has 1 atom stereocenters. The van der Waals surface area contributed by atoms with E-state index < -0.39 is 5.97 Å². The van der Waals surface area contributed by atoms with E-state index in [1.54, 1.807) is 6.20 Å². The second-order valence-electron chi connectivity index (χ2n) is 8.44. The van der Waals surface area contributed by atoms with Crippen molar-refractivity contribution in [1.82, 2.24) is 4.98 Å². The molecule has 0 bridgehead atoms. The molecule has 1 fully saturated rings. The summed E-state index contributed by atoms with van der Waals surface area (Å²) in [7, 11) is 0. The van der Waals surface area contributed by atoms with Gasteiger partial charge in [0.2, 0.25) is 0 Å². The molecule has 0 amide bonds. The molecule has 0 aliphatic heterocycles. The van der Waals surface area contributed by atoms with Gasteiger partial charge < -0.3 is 14.7 Å². The maximum Gasteiger partial charge on any atom is 0.341 e. The quantitative estimate of drug-likeness (QED) is 0.480. The minimum Gasteiger partial charge on any atom is -0.482 e. The lowest BCUT2D eigenvalue weighted by Gasteiger charge is -2.27. The minimum atomic E-state index is -0.965. The van der Waals surface area contributed by atoms with Gasteiger partial charge in [0.15, 0.2) is 6.61 Å². The Hall–Kier alpha value is -2.89. The lowest BCUT2D eigenvalue weighted by atomic mass is 9.83. The maximum atomic E-state index is 10.9. The summed E-state index contributed by atoms with van der Waals surface area (Å²) >= 11 is 0. The lowest BCUT2D eigenvalue weighted by Crippen LogP contribution is -2.21. The highest BCUT2D eigenvalue weighted by molar-refractivity contribution is 6.01. The summed E-state index contributed by atoms with van der Waals surface area (Å²) in [4.78, 5) is 21.1. The van der Waals surface area contributed by atoms with Crippen LogP contribution in [0.1, 0.15) is 67.6 Å². The van der Waals surface area contributed by atoms with Gasteiger partial charge in [0.05, 0.1) is 5.71 Å². The number of aliphatic carboxylic acids is 1. The number of carboxylic acid groups (broad SMARTS) is 1. The molecule has 1 saturated carbocycles. The van der Waals surface area contributed by atoms with E-state index in [1.807, 2.05) is 24.4 Å². The first kappa shape index (κ1) is 21.3. The molecule has 1 heterocycles. The summed E-state index contributed by atoms with van der Waals surface area (Å²) in [5, 5.41) is 13.6. The predicted octanol–water partition coefficient (Wildman–Crippen LogP) is 4.97. The Bertz CT molecular complexity index is 907. The Labute approximate surface area is 183 Å². The molecule has 0 spiro atoms. The average molecular weight is 423 g/mol. The first-order valence-electron chi connectivity index (χ1n) is 11.3. The van der Waals surface area contributed by atoms with Crippen LogP contribution in [0.4, 0.5) is 0 Å². The molecule has 2 aliphatic rings. The van der Waals surface area contributed by atoms with Gasteiger partial charge in [-0.1, -0.05) is 36.6 Å². The summed E-state index contributed by atoms with van der Waals surface area (Å²) in [5.74, 6) is 0.356. The second kappa shape index (κ2) is 10.4. The fourth-order valence-electron chi connectivity index (χ4n) is 4.81. The Morgan fingerprint density at radius 1 is 1.10 bits per heavy atom. The van der Waals surface area contributed by atoms with Crippen molar-refractivity contribution in [3.05, 3.63) is 59.4 Å². The number of hydrogen-bond donors (Lipinski definition) is 1. The van der Waals surface area contributed by atoms with Gasteiger partial charge in [-0.2, -0.15) is 0 Å².